The number of nitrogens with zero attached hydrogens (tertiary/aromatic N) is 1. The molecular weight excluding hydrogens is 479 g/mol. The van der Waals surface area contributed by atoms with Crippen LogP contribution in [0.1, 0.15) is 27.0 Å². The summed E-state index contributed by atoms with van der Waals surface area (Å²) >= 11 is 2.16. The Morgan fingerprint density at radius 3 is 2.59 bits per heavy atom. The van der Waals surface area contributed by atoms with Gasteiger partial charge in [-0.15, -0.1) is 0 Å². The highest BCUT2D eigenvalue weighted by atomic mass is 127. The van der Waals surface area contributed by atoms with E-state index in [9.17, 15) is 4.79 Å². The van der Waals surface area contributed by atoms with Crippen molar-refractivity contribution in [2.45, 2.75) is 13.5 Å². The van der Waals surface area contributed by atoms with Crippen molar-refractivity contribution < 1.29 is 14.3 Å². The molecule has 0 atom stereocenters. The van der Waals surface area contributed by atoms with Crippen LogP contribution in [0.25, 0.3) is 0 Å². The number of rotatable bonds is 7. The predicted molar refractivity (Wildman–Crippen MR) is 123 cm³/mol. The number of methoxy groups -OCH3 is 1. The summed E-state index contributed by atoms with van der Waals surface area (Å²) in [6.07, 6.45) is 1.57. The molecule has 3 rings (SSSR count). The molecule has 29 heavy (non-hydrogen) atoms. The lowest BCUT2D eigenvalue weighted by molar-refractivity contribution is 0.0955. The fraction of sp³-hybridized carbons (Fsp3) is 0.130. The van der Waals surface area contributed by atoms with Gasteiger partial charge in [0.15, 0.2) is 11.5 Å². The van der Waals surface area contributed by atoms with Gasteiger partial charge in [0, 0.05) is 9.13 Å². The Morgan fingerprint density at radius 1 is 1.07 bits per heavy atom. The zero-order chi connectivity index (χ0) is 20.6. The molecule has 0 saturated heterocycles. The monoisotopic (exact) mass is 500 g/mol. The van der Waals surface area contributed by atoms with E-state index in [2.05, 4.69) is 52.2 Å². The molecule has 0 aromatic heterocycles. The van der Waals surface area contributed by atoms with Gasteiger partial charge in [0.25, 0.3) is 5.91 Å². The van der Waals surface area contributed by atoms with Gasteiger partial charge in [0.05, 0.1) is 13.3 Å². The largest absolute Gasteiger partial charge is 0.493 e. The molecule has 0 heterocycles. The third-order valence-corrected chi connectivity index (χ3v) is 4.84. The second-order valence-electron chi connectivity index (χ2n) is 6.39. The lowest BCUT2D eigenvalue weighted by atomic mass is 10.2. The Balaban J connectivity index is 1.62. The summed E-state index contributed by atoms with van der Waals surface area (Å²) in [4.78, 5) is 12.1. The Morgan fingerprint density at radius 2 is 1.86 bits per heavy atom. The summed E-state index contributed by atoms with van der Waals surface area (Å²) in [5.74, 6) is 0.989. The molecule has 0 aliphatic rings. The first-order chi connectivity index (χ1) is 14.0. The van der Waals surface area contributed by atoms with E-state index in [-0.39, 0.29) is 5.91 Å². The van der Waals surface area contributed by atoms with Crippen LogP contribution in [0.15, 0.2) is 71.8 Å². The first-order valence-corrected chi connectivity index (χ1v) is 10.1. The van der Waals surface area contributed by atoms with Gasteiger partial charge in [-0.25, -0.2) is 5.43 Å². The number of ether oxygens (including phenoxy) is 2. The molecule has 5 nitrogen and oxygen atoms in total. The maximum absolute atomic E-state index is 12.1. The fourth-order valence-electron chi connectivity index (χ4n) is 2.59. The van der Waals surface area contributed by atoms with E-state index < -0.39 is 0 Å². The number of nitrogens with one attached hydrogen (secondary N) is 1. The van der Waals surface area contributed by atoms with Gasteiger partial charge < -0.3 is 9.47 Å². The zero-order valence-corrected chi connectivity index (χ0v) is 18.3. The van der Waals surface area contributed by atoms with Gasteiger partial charge in [-0.05, 0) is 77.0 Å². The predicted octanol–water partition coefficient (Wildman–Crippen LogP) is 4.95. The van der Waals surface area contributed by atoms with Crippen molar-refractivity contribution in [3.05, 3.63) is 92.6 Å². The molecule has 0 aliphatic heterocycles. The van der Waals surface area contributed by atoms with Crippen molar-refractivity contribution in [3.8, 4) is 11.5 Å². The zero-order valence-electron chi connectivity index (χ0n) is 16.2. The maximum atomic E-state index is 12.1. The number of amides is 1. The van der Waals surface area contributed by atoms with Crippen LogP contribution in [0.2, 0.25) is 0 Å². The second-order valence-corrected chi connectivity index (χ2v) is 7.64. The van der Waals surface area contributed by atoms with E-state index >= 15 is 0 Å². The van der Waals surface area contributed by atoms with Crippen molar-refractivity contribution in [1.82, 2.24) is 5.43 Å². The van der Waals surface area contributed by atoms with Crippen molar-refractivity contribution in [3.63, 3.8) is 0 Å². The van der Waals surface area contributed by atoms with E-state index in [1.165, 1.54) is 5.56 Å². The molecule has 148 valence electrons. The molecule has 3 aromatic rings. The van der Waals surface area contributed by atoms with Crippen LogP contribution in [-0.2, 0) is 6.61 Å². The van der Waals surface area contributed by atoms with Crippen LogP contribution in [0.4, 0.5) is 0 Å². The standard InChI is InChI=1S/C23H21IN2O3/c1-16-6-8-17(9-7-16)15-29-21-11-10-18(12-22(21)28-2)14-25-26-23(27)19-4-3-5-20(24)13-19/h3-14H,15H2,1-2H3,(H,26,27)/b25-14-. The maximum Gasteiger partial charge on any atom is 0.271 e. The topological polar surface area (TPSA) is 59.9 Å². The molecule has 0 radical (unpaired) electrons. The minimum absolute atomic E-state index is 0.259. The summed E-state index contributed by atoms with van der Waals surface area (Å²) in [7, 11) is 1.59. The van der Waals surface area contributed by atoms with Crippen LogP contribution < -0.4 is 14.9 Å². The van der Waals surface area contributed by atoms with Crippen molar-refractivity contribution in [2.75, 3.05) is 7.11 Å². The number of hydrogen-bond acceptors (Lipinski definition) is 4. The van der Waals surface area contributed by atoms with Gasteiger partial charge in [-0.2, -0.15) is 5.10 Å². The molecule has 0 spiro atoms. The van der Waals surface area contributed by atoms with Gasteiger partial charge >= 0.3 is 0 Å². The number of hydrazone groups is 1. The first-order valence-electron chi connectivity index (χ1n) is 9.00. The highest BCUT2D eigenvalue weighted by Gasteiger charge is 2.07. The second kappa shape index (κ2) is 10.1. The molecule has 1 amide bonds. The quantitative estimate of drug-likeness (QED) is 0.284. The van der Waals surface area contributed by atoms with Crippen LogP contribution in [0.3, 0.4) is 0 Å². The highest BCUT2D eigenvalue weighted by molar-refractivity contribution is 14.1. The number of aryl methyl sites for hydroxylation is 1. The summed E-state index contributed by atoms with van der Waals surface area (Å²) in [6, 6.07) is 21.0. The molecular formula is C23H21IN2O3. The number of carbonyl (C=O) groups is 1. The number of benzene rings is 3. The molecule has 3 aromatic carbocycles. The Kier molecular flexibility index (Phi) is 7.24. The smallest absolute Gasteiger partial charge is 0.271 e. The van der Waals surface area contributed by atoms with Crippen LogP contribution in [-0.4, -0.2) is 19.2 Å². The molecule has 6 heteroatoms. The minimum atomic E-state index is -0.259. The number of carbonyl (C=O) groups excluding carboxylic acids is 1. The average molecular weight is 500 g/mol. The van der Waals surface area contributed by atoms with Crippen molar-refractivity contribution in [1.29, 1.82) is 0 Å². The first kappa shape index (κ1) is 20.9. The molecule has 0 saturated carbocycles. The SMILES string of the molecule is COc1cc(/C=N\NC(=O)c2cccc(I)c2)ccc1OCc1ccc(C)cc1. The van der Waals surface area contributed by atoms with Crippen molar-refractivity contribution >= 4 is 34.7 Å². The van der Waals surface area contributed by atoms with E-state index in [0.29, 0.717) is 23.7 Å². The Hall–Kier alpha value is -2.87. The Labute approximate surface area is 183 Å². The molecule has 0 aliphatic carbocycles. The van der Waals surface area contributed by atoms with Gasteiger partial charge in [-0.1, -0.05) is 35.9 Å². The van der Waals surface area contributed by atoms with Gasteiger partial charge in [-0.3, -0.25) is 4.79 Å². The molecule has 0 fully saturated rings. The summed E-state index contributed by atoms with van der Waals surface area (Å²) < 4.78 is 12.3. The van der Waals surface area contributed by atoms with Crippen LogP contribution >= 0.6 is 22.6 Å². The van der Waals surface area contributed by atoms with Gasteiger partial charge in [0.1, 0.15) is 6.61 Å². The highest BCUT2D eigenvalue weighted by Crippen LogP contribution is 2.28. The lowest BCUT2D eigenvalue weighted by Crippen LogP contribution is -2.17. The summed E-state index contributed by atoms with van der Waals surface area (Å²) in [5.41, 5.74) is 6.18. The fourth-order valence-corrected chi connectivity index (χ4v) is 3.13. The minimum Gasteiger partial charge on any atom is -0.493 e. The molecule has 0 bridgehead atoms. The molecule has 1 N–H and O–H groups in total. The van der Waals surface area contributed by atoms with E-state index in [1.807, 2.05) is 42.5 Å². The van der Waals surface area contributed by atoms with E-state index in [0.717, 1.165) is 14.7 Å². The van der Waals surface area contributed by atoms with Crippen LogP contribution in [0, 0.1) is 10.5 Å². The van der Waals surface area contributed by atoms with E-state index in [1.54, 1.807) is 25.5 Å². The van der Waals surface area contributed by atoms with Crippen LogP contribution in [0.5, 0.6) is 11.5 Å². The number of hydrogen-bond donors (Lipinski definition) is 1. The third kappa shape index (κ3) is 6.05. The van der Waals surface area contributed by atoms with Crippen molar-refractivity contribution in [2.24, 2.45) is 5.10 Å². The third-order valence-electron chi connectivity index (χ3n) is 4.17. The summed E-state index contributed by atoms with van der Waals surface area (Å²) in [5, 5.41) is 4.03. The average Bonchev–Trinajstić information content (AvgIpc) is 2.73. The summed E-state index contributed by atoms with van der Waals surface area (Å²) in [6.45, 7) is 2.51. The van der Waals surface area contributed by atoms with Gasteiger partial charge in [0.2, 0.25) is 0 Å². The lowest BCUT2D eigenvalue weighted by Gasteiger charge is -2.11. The number of halogens is 1. The van der Waals surface area contributed by atoms with E-state index in [4.69, 9.17) is 9.47 Å². The normalized spacial score (nSPS) is 10.7. The Bertz CT molecular complexity index is 1020. The molecule has 0 unspecified atom stereocenters.